The molecule has 0 bridgehead atoms. The van der Waals surface area contributed by atoms with Crippen molar-refractivity contribution in [2.24, 2.45) is 0 Å². The summed E-state index contributed by atoms with van der Waals surface area (Å²) in [4.78, 5) is 11.0. The van der Waals surface area contributed by atoms with E-state index in [2.05, 4.69) is 4.57 Å². The first kappa shape index (κ1) is 21.9. The molecule has 0 aliphatic heterocycles. The molecule has 0 saturated heterocycles. The molecule has 0 N–H and O–H groups in total. The van der Waals surface area contributed by atoms with Crippen LogP contribution in [0.15, 0.2) is 54.7 Å². The third-order valence-corrected chi connectivity index (χ3v) is 5.19. The van der Waals surface area contributed by atoms with Crippen molar-refractivity contribution in [2.75, 3.05) is 6.26 Å². The first-order chi connectivity index (χ1) is 14.1. The summed E-state index contributed by atoms with van der Waals surface area (Å²) in [6.07, 6.45) is 6.86. The van der Waals surface area contributed by atoms with E-state index < -0.39 is 15.7 Å². The number of carbonyl (C=O) groups is 1. The zero-order valence-electron chi connectivity index (χ0n) is 17.5. The third kappa shape index (κ3) is 6.10. The number of aromatic nitrogens is 1. The number of hydrogen-bond donors (Lipinski definition) is 0. The van der Waals surface area contributed by atoms with Crippen LogP contribution in [0.3, 0.4) is 0 Å². The Morgan fingerprint density at radius 3 is 2.37 bits per heavy atom. The second-order valence-corrected chi connectivity index (χ2v) is 9.52. The van der Waals surface area contributed by atoms with Crippen molar-refractivity contribution < 1.29 is 22.1 Å². The number of benzene rings is 2. The van der Waals surface area contributed by atoms with Gasteiger partial charge in [0.25, 0.3) is 0 Å². The lowest BCUT2D eigenvalue weighted by Crippen LogP contribution is -2.29. The van der Waals surface area contributed by atoms with Crippen molar-refractivity contribution in [3.63, 3.8) is 0 Å². The molecule has 0 fully saturated rings. The molecule has 3 rings (SSSR count). The topological polar surface area (TPSA) is 74.6 Å². The summed E-state index contributed by atoms with van der Waals surface area (Å²) < 4.78 is 35.3. The first-order valence-corrected chi connectivity index (χ1v) is 11.7. The molecule has 160 valence electrons. The van der Waals surface area contributed by atoms with E-state index in [1.54, 1.807) is 26.0 Å². The Morgan fingerprint density at radius 2 is 1.70 bits per heavy atom. The van der Waals surface area contributed by atoms with Crippen LogP contribution in [0.5, 0.6) is 11.5 Å². The van der Waals surface area contributed by atoms with Crippen LogP contribution in [0.4, 0.5) is 0 Å². The maximum absolute atomic E-state index is 11.3. The average molecular weight is 430 g/mol. The Labute approximate surface area is 177 Å². The highest BCUT2D eigenvalue weighted by atomic mass is 32.2. The zero-order chi connectivity index (χ0) is 21.8. The number of aryl methyl sites for hydroxylation is 2. The minimum Gasteiger partial charge on any atom is -0.480 e. The SMILES string of the molecule is CC(C)(C=O)Oc1ccc(CCCCn2ccc3cc(OS(C)(=O)=O)ccc32)cc1. The summed E-state index contributed by atoms with van der Waals surface area (Å²) in [6, 6.07) is 15.1. The van der Waals surface area contributed by atoms with Gasteiger partial charge in [0, 0.05) is 23.6 Å². The van der Waals surface area contributed by atoms with Crippen molar-refractivity contribution in [3.05, 3.63) is 60.3 Å². The molecule has 0 radical (unpaired) electrons. The Bertz CT molecular complexity index is 1110. The molecule has 0 unspecified atom stereocenters. The molecule has 0 spiro atoms. The molecule has 2 aromatic carbocycles. The Balaban J connectivity index is 1.52. The maximum Gasteiger partial charge on any atom is 0.306 e. The molecule has 0 aliphatic carbocycles. The molecular formula is C23H27NO5S. The number of ether oxygens (including phenoxy) is 1. The van der Waals surface area contributed by atoms with Crippen LogP contribution in [0.25, 0.3) is 10.9 Å². The highest BCUT2D eigenvalue weighted by Gasteiger charge is 2.17. The van der Waals surface area contributed by atoms with Crippen molar-refractivity contribution >= 4 is 27.3 Å². The number of carbonyl (C=O) groups excluding carboxylic acids is 1. The number of fused-ring (bicyclic) bond motifs is 1. The van der Waals surface area contributed by atoms with Crippen LogP contribution in [0, 0.1) is 0 Å². The highest BCUT2D eigenvalue weighted by molar-refractivity contribution is 7.86. The summed E-state index contributed by atoms with van der Waals surface area (Å²) in [5, 5.41) is 0.949. The van der Waals surface area contributed by atoms with Crippen LogP contribution in [0.2, 0.25) is 0 Å². The van der Waals surface area contributed by atoms with Gasteiger partial charge in [0.05, 0.1) is 6.26 Å². The number of rotatable bonds is 10. The maximum atomic E-state index is 11.3. The summed E-state index contributed by atoms with van der Waals surface area (Å²) in [6.45, 7) is 4.35. The van der Waals surface area contributed by atoms with Gasteiger partial charge >= 0.3 is 10.1 Å². The van der Waals surface area contributed by atoms with E-state index in [9.17, 15) is 13.2 Å². The quantitative estimate of drug-likeness (QED) is 0.272. The second kappa shape index (κ2) is 8.92. The zero-order valence-corrected chi connectivity index (χ0v) is 18.3. The van der Waals surface area contributed by atoms with Gasteiger partial charge in [-0.05, 0) is 75.1 Å². The largest absolute Gasteiger partial charge is 0.480 e. The van der Waals surface area contributed by atoms with E-state index in [0.717, 1.165) is 49.3 Å². The lowest BCUT2D eigenvalue weighted by Gasteiger charge is -2.19. The molecule has 1 aromatic heterocycles. The first-order valence-electron chi connectivity index (χ1n) is 9.88. The third-order valence-electron chi connectivity index (χ3n) is 4.69. The summed E-state index contributed by atoms with van der Waals surface area (Å²) in [7, 11) is -3.53. The predicted octanol–water partition coefficient (Wildman–Crippen LogP) is 4.36. The molecule has 1 heterocycles. The molecule has 30 heavy (non-hydrogen) atoms. The van der Waals surface area contributed by atoms with Crippen molar-refractivity contribution in [3.8, 4) is 11.5 Å². The van der Waals surface area contributed by atoms with Crippen molar-refractivity contribution in [2.45, 2.75) is 45.3 Å². The second-order valence-electron chi connectivity index (χ2n) is 7.94. The summed E-state index contributed by atoms with van der Waals surface area (Å²) >= 11 is 0. The van der Waals surface area contributed by atoms with Gasteiger partial charge < -0.3 is 13.5 Å². The van der Waals surface area contributed by atoms with Gasteiger partial charge in [-0.15, -0.1) is 0 Å². The fourth-order valence-corrected chi connectivity index (χ4v) is 3.72. The molecule has 0 atom stereocenters. The van der Waals surface area contributed by atoms with E-state index in [0.29, 0.717) is 11.5 Å². The van der Waals surface area contributed by atoms with Gasteiger partial charge in [0.2, 0.25) is 0 Å². The van der Waals surface area contributed by atoms with Gasteiger partial charge in [-0.2, -0.15) is 8.42 Å². The monoisotopic (exact) mass is 429 g/mol. The molecule has 3 aromatic rings. The molecule has 6 nitrogen and oxygen atoms in total. The van der Waals surface area contributed by atoms with Gasteiger partial charge in [-0.3, -0.25) is 4.79 Å². The highest BCUT2D eigenvalue weighted by Crippen LogP contribution is 2.24. The number of nitrogens with zero attached hydrogens (tertiary/aromatic N) is 1. The molecule has 0 aliphatic rings. The van der Waals surface area contributed by atoms with Crippen molar-refractivity contribution in [1.29, 1.82) is 0 Å². The minimum atomic E-state index is -3.53. The predicted molar refractivity (Wildman–Crippen MR) is 118 cm³/mol. The molecule has 7 heteroatoms. The van der Waals surface area contributed by atoms with Crippen LogP contribution in [-0.4, -0.2) is 31.1 Å². The number of unbranched alkanes of at least 4 members (excludes halogenated alkanes) is 1. The van der Waals surface area contributed by atoms with Crippen LogP contribution >= 0.6 is 0 Å². The summed E-state index contributed by atoms with van der Waals surface area (Å²) in [5.41, 5.74) is 1.46. The normalized spacial score (nSPS) is 12.1. The van der Waals surface area contributed by atoms with Crippen molar-refractivity contribution in [1.82, 2.24) is 4.57 Å². The van der Waals surface area contributed by atoms with E-state index in [1.807, 2.05) is 42.6 Å². The molecular weight excluding hydrogens is 402 g/mol. The lowest BCUT2D eigenvalue weighted by molar-refractivity contribution is -0.118. The lowest BCUT2D eigenvalue weighted by atomic mass is 10.1. The van der Waals surface area contributed by atoms with E-state index in [1.165, 1.54) is 5.56 Å². The minimum absolute atomic E-state index is 0.326. The van der Waals surface area contributed by atoms with Crippen LogP contribution in [0.1, 0.15) is 32.3 Å². The van der Waals surface area contributed by atoms with Gasteiger partial charge in [0.1, 0.15) is 11.5 Å². The Kier molecular flexibility index (Phi) is 6.51. The van der Waals surface area contributed by atoms with Gasteiger partial charge in [0.15, 0.2) is 11.9 Å². The van der Waals surface area contributed by atoms with Crippen LogP contribution in [-0.2, 0) is 27.9 Å². The molecule has 0 amide bonds. The van der Waals surface area contributed by atoms with Gasteiger partial charge in [-0.1, -0.05) is 12.1 Å². The Morgan fingerprint density at radius 1 is 1.00 bits per heavy atom. The van der Waals surface area contributed by atoms with E-state index in [-0.39, 0.29) is 0 Å². The fourth-order valence-electron chi connectivity index (χ4n) is 3.26. The smallest absolute Gasteiger partial charge is 0.306 e. The van der Waals surface area contributed by atoms with E-state index in [4.69, 9.17) is 8.92 Å². The molecule has 0 saturated carbocycles. The fraction of sp³-hybridized carbons (Fsp3) is 0.348. The summed E-state index contributed by atoms with van der Waals surface area (Å²) in [5.74, 6) is 1.01. The standard InChI is InChI=1S/C23H27NO5S/c1-23(2,17-25)28-20-9-7-18(8-10-20)6-4-5-14-24-15-13-19-16-21(11-12-22(19)24)29-30(3,26)27/h7-13,15-17H,4-6,14H2,1-3H3. The van der Waals surface area contributed by atoms with Crippen LogP contribution < -0.4 is 8.92 Å². The average Bonchev–Trinajstić information content (AvgIpc) is 3.07. The Hall–Kier alpha value is -2.80. The van der Waals surface area contributed by atoms with E-state index >= 15 is 0 Å². The van der Waals surface area contributed by atoms with Gasteiger partial charge in [-0.25, -0.2) is 0 Å². The number of aldehydes is 1. The number of hydrogen-bond acceptors (Lipinski definition) is 5.